The summed E-state index contributed by atoms with van der Waals surface area (Å²) >= 11 is 0. The molecule has 0 spiro atoms. The summed E-state index contributed by atoms with van der Waals surface area (Å²) in [4.78, 5) is 3.03. The van der Waals surface area contributed by atoms with Crippen molar-refractivity contribution >= 4 is 10.9 Å². The molecule has 2 heterocycles. The van der Waals surface area contributed by atoms with Gasteiger partial charge in [-0.3, -0.25) is 0 Å². The zero-order chi connectivity index (χ0) is 10.3. The molecule has 1 aromatic heterocycles. The van der Waals surface area contributed by atoms with E-state index in [2.05, 4.69) is 11.1 Å². The quantitative estimate of drug-likeness (QED) is 0.705. The molecule has 0 amide bonds. The van der Waals surface area contributed by atoms with E-state index >= 15 is 0 Å². The van der Waals surface area contributed by atoms with Crippen LogP contribution in [-0.4, -0.2) is 18.2 Å². The molecule has 15 heavy (non-hydrogen) atoms. The van der Waals surface area contributed by atoms with Crippen LogP contribution in [-0.2, 0) is 0 Å². The molecule has 0 saturated carbocycles. The third-order valence-corrected chi connectivity index (χ3v) is 2.46. The molecule has 0 fully saturated rings. The number of nitrogens with one attached hydrogen (secondary N) is 1. The van der Waals surface area contributed by atoms with Gasteiger partial charge in [0.1, 0.15) is 19.3 Å². The van der Waals surface area contributed by atoms with Crippen LogP contribution in [0, 0.1) is 11.3 Å². The van der Waals surface area contributed by atoms with Crippen LogP contribution in [0.3, 0.4) is 0 Å². The number of hydrogen-bond acceptors (Lipinski definition) is 3. The van der Waals surface area contributed by atoms with Gasteiger partial charge in [0, 0.05) is 17.6 Å². The summed E-state index contributed by atoms with van der Waals surface area (Å²) in [5, 5.41) is 9.76. The first-order chi connectivity index (χ1) is 7.38. The number of hydrogen-bond donors (Lipinski definition) is 1. The lowest BCUT2D eigenvalue weighted by Crippen LogP contribution is -2.15. The van der Waals surface area contributed by atoms with E-state index in [1.807, 2.05) is 12.1 Å². The van der Waals surface area contributed by atoms with Gasteiger partial charge in [0.05, 0.1) is 11.1 Å². The zero-order valence-corrected chi connectivity index (χ0v) is 7.91. The number of nitrogens with zero attached hydrogens (tertiary/aromatic N) is 1. The molecule has 0 unspecified atom stereocenters. The Kier molecular flexibility index (Phi) is 1.59. The Morgan fingerprint density at radius 3 is 2.67 bits per heavy atom. The van der Waals surface area contributed by atoms with Crippen molar-refractivity contribution in [3.8, 4) is 17.6 Å². The van der Waals surface area contributed by atoms with Crippen molar-refractivity contribution in [3.63, 3.8) is 0 Å². The molecule has 0 bridgehead atoms. The fourth-order valence-corrected chi connectivity index (χ4v) is 1.75. The number of aromatic amines is 1. The van der Waals surface area contributed by atoms with Crippen molar-refractivity contribution in [1.29, 1.82) is 5.26 Å². The van der Waals surface area contributed by atoms with Gasteiger partial charge in [0.2, 0.25) is 0 Å². The van der Waals surface area contributed by atoms with Gasteiger partial charge in [0.25, 0.3) is 0 Å². The minimum Gasteiger partial charge on any atom is -0.486 e. The Hall–Kier alpha value is -2.15. The highest BCUT2D eigenvalue weighted by molar-refractivity contribution is 5.88. The van der Waals surface area contributed by atoms with Gasteiger partial charge in [-0.25, -0.2) is 0 Å². The SMILES string of the molecule is N#Cc1c[nH]c2cc3c(cc12)OCCO3. The maximum absolute atomic E-state index is 8.89. The smallest absolute Gasteiger partial charge is 0.163 e. The Balaban J connectivity index is 2.29. The number of fused-ring (bicyclic) bond motifs is 2. The van der Waals surface area contributed by atoms with Gasteiger partial charge in [-0.2, -0.15) is 5.26 Å². The van der Waals surface area contributed by atoms with E-state index in [0.717, 1.165) is 16.7 Å². The zero-order valence-electron chi connectivity index (χ0n) is 7.91. The first kappa shape index (κ1) is 8.18. The third-order valence-electron chi connectivity index (χ3n) is 2.46. The second-order valence-corrected chi connectivity index (χ2v) is 3.36. The fourth-order valence-electron chi connectivity index (χ4n) is 1.75. The van der Waals surface area contributed by atoms with Gasteiger partial charge >= 0.3 is 0 Å². The van der Waals surface area contributed by atoms with Crippen molar-refractivity contribution in [2.75, 3.05) is 13.2 Å². The van der Waals surface area contributed by atoms with E-state index in [4.69, 9.17) is 14.7 Å². The number of aromatic nitrogens is 1. The van der Waals surface area contributed by atoms with E-state index in [-0.39, 0.29) is 0 Å². The highest BCUT2D eigenvalue weighted by Gasteiger charge is 2.14. The van der Waals surface area contributed by atoms with Gasteiger partial charge in [0.15, 0.2) is 11.5 Å². The Morgan fingerprint density at radius 1 is 1.20 bits per heavy atom. The minimum atomic E-state index is 0.560. The second kappa shape index (κ2) is 2.92. The summed E-state index contributed by atoms with van der Waals surface area (Å²) in [6.45, 7) is 1.13. The lowest BCUT2D eigenvalue weighted by Gasteiger charge is -2.18. The van der Waals surface area contributed by atoms with Crippen LogP contribution >= 0.6 is 0 Å². The molecular weight excluding hydrogens is 192 g/mol. The number of rotatable bonds is 0. The molecule has 2 aromatic rings. The molecule has 0 saturated heterocycles. The summed E-state index contributed by atoms with van der Waals surface area (Å²) in [6.07, 6.45) is 1.69. The summed E-state index contributed by atoms with van der Waals surface area (Å²) < 4.78 is 10.9. The van der Waals surface area contributed by atoms with E-state index in [0.29, 0.717) is 24.5 Å². The first-order valence-corrected chi connectivity index (χ1v) is 4.69. The first-order valence-electron chi connectivity index (χ1n) is 4.69. The molecule has 0 atom stereocenters. The Labute approximate surface area is 86.0 Å². The topological polar surface area (TPSA) is 58.0 Å². The molecule has 1 aliphatic rings. The predicted molar refractivity (Wildman–Crippen MR) is 54.0 cm³/mol. The van der Waals surface area contributed by atoms with Crippen molar-refractivity contribution in [1.82, 2.24) is 4.98 Å². The van der Waals surface area contributed by atoms with Crippen LogP contribution in [0.25, 0.3) is 10.9 Å². The standard InChI is InChI=1S/C11H8N2O2/c12-5-7-6-13-9-4-11-10(3-8(7)9)14-1-2-15-11/h3-4,6,13H,1-2H2. The summed E-state index contributed by atoms with van der Waals surface area (Å²) in [5.41, 5.74) is 1.53. The molecule has 0 radical (unpaired) electrons. The van der Waals surface area contributed by atoms with Crippen molar-refractivity contribution in [2.24, 2.45) is 0 Å². The lowest BCUT2D eigenvalue weighted by atomic mass is 10.1. The molecule has 1 aliphatic heterocycles. The number of ether oxygens (including phenoxy) is 2. The van der Waals surface area contributed by atoms with Crippen molar-refractivity contribution in [2.45, 2.75) is 0 Å². The van der Waals surface area contributed by atoms with E-state index in [9.17, 15) is 0 Å². The average molecular weight is 200 g/mol. The maximum Gasteiger partial charge on any atom is 0.163 e. The molecule has 1 aromatic carbocycles. The third kappa shape index (κ3) is 1.13. The molecule has 3 rings (SSSR count). The molecular formula is C11H8N2O2. The summed E-state index contributed by atoms with van der Waals surface area (Å²) in [7, 11) is 0. The number of H-pyrrole nitrogens is 1. The van der Waals surface area contributed by atoms with Crippen LogP contribution in [0.4, 0.5) is 0 Å². The minimum absolute atomic E-state index is 0.560. The molecule has 74 valence electrons. The maximum atomic E-state index is 8.89. The Bertz CT molecular complexity index is 566. The van der Waals surface area contributed by atoms with Gasteiger partial charge in [-0.1, -0.05) is 0 Å². The average Bonchev–Trinajstić information content (AvgIpc) is 2.68. The van der Waals surface area contributed by atoms with E-state index in [1.54, 1.807) is 6.20 Å². The molecule has 1 N–H and O–H groups in total. The molecule has 4 nitrogen and oxygen atoms in total. The summed E-state index contributed by atoms with van der Waals surface area (Å²) in [5.74, 6) is 1.45. The highest BCUT2D eigenvalue weighted by Crippen LogP contribution is 2.35. The van der Waals surface area contributed by atoms with E-state index in [1.165, 1.54) is 0 Å². The monoisotopic (exact) mass is 200 g/mol. The molecule has 4 heteroatoms. The Morgan fingerprint density at radius 2 is 1.93 bits per heavy atom. The van der Waals surface area contributed by atoms with Crippen LogP contribution in [0.15, 0.2) is 18.3 Å². The second-order valence-electron chi connectivity index (χ2n) is 3.36. The predicted octanol–water partition coefficient (Wildman–Crippen LogP) is 1.81. The fraction of sp³-hybridized carbons (Fsp3) is 0.182. The normalized spacial score (nSPS) is 13.8. The number of benzene rings is 1. The van der Waals surface area contributed by atoms with Crippen LogP contribution < -0.4 is 9.47 Å². The summed E-state index contributed by atoms with van der Waals surface area (Å²) in [6, 6.07) is 5.84. The van der Waals surface area contributed by atoms with Crippen molar-refractivity contribution in [3.05, 3.63) is 23.9 Å². The lowest BCUT2D eigenvalue weighted by molar-refractivity contribution is 0.172. The van der Waals surface area contributed by atoms with Crippen LogP contribution in [0.1, 0.15) is 5.56 Å². The number of nitriles is 1. The van der Waals surface area contributed by atoms with Gasteiger partial charge in [-0.15, -0.1) is 0 Å². The van der Waals surface area contributed by atoms with Gasteiger partial charge in [-0.05, 0) is 6.07 Å². The highest BCUT2D eigenvalue weighted by atomic mass is 16.6. The largest absolute Gasteiger partial charge is 0.486 e. The van der Waals surface area contributed by atoms with Crippen LogP contribution in [0.5, 0.6) is 11.5 Å². The van der Waals surface area contributed by atoms with Crippen LogP contribution in [0.2, 0.25) is 0 Å². The molecule has 0 aliphatic carbocycles. The van der Waals surface area contributed by atoms with E-state index < -0.39 is 0 Å². The van der Waals surface area contributed by atoms with Crippen molar-refractivity contribution < 1.29 is 9.47 Å². The van der Waals surface area contributed by atoms with Gasteiger partial charge < -0.3 is 14.5 Å².